The summed E-state index contributed by atoms with van der Waals surface area (Å²) in [5.74, 6) is -1.03. The quantitative estimate of drug-likeness (QED) is 0.765. The van der Waals surface area contributed by atoms with Gasteiger partial charge in [-0.25, -0.2) is 4.79 Å². The Morgan fingerprint density at radius 1 is 1.10 bits per heavy atom. The topological polar surface area (TPSA) is 75.6 Å². The number of amides is 1. The number of hydrogen-bond donors (Lipinski definition) is 2. The molecule has 2 fully saturated rings. The minimum Gasteiger partial charge on any atom is -0.480 e. The second-order valence-electron chi connectivity index (χ2n) is 6.38. The Balaban J connectivity index is 1.84. The zero-order valence-corrected chi connectivity index (χ0v) is 12.7. The molecule has 1 aliphatic carbocycles. The fourth-order valence-corrected chi connectivity index (χ4v) is 3.38. The monoisotopic (exact) mass is 297 g/mol. The van der Waals surface area contributed by atoms with Crippen LogP contribution in [-0.4, -0.2) is 35.2 Å². The molecule has 0 bridgehead atoms. The fraction of sp³-hybridized carbons (Fsp3) is 0.875. The van der Waals surface area contributed by atoms with Crippen molar-refractivity contribution in [2.24, 2.45) is 0 Å². The van der Waals surface area contributed by atoms with Gasteiger partial charge in [-0.2, -0.15) is 0 Å². The first-order valence-corrected chi connectivity index (χ1v) is 8.28. The van der Waals surface area contributed by atoms with Crippen LogP contribution in [0.1, 0.15) is 70.6 Å². The van der Waals surface area contributed by atoms with Crippen LogP contribution in [0.15, 0.2) is 0 Å². The molecule has 0 spiro atoms. The molecular formula is C16H27NO4. The number of rotatable bonds is 5. The van der Waals surface area contributed by atoms with Gasteiger partial charge in [0.1, 0.15) is 5.54 Å². The summed E-state index contributed by atoms with van der Waals surface area (Å²) in [7, 11) is 0. The molecular weight excluding hydrogens is 270 g/mol. The van der Waals surface area contributed by atoms with Crippen molar-refractivity contribution in [2.45, 2.75) is 82.3 Å². The molecule has 0 aromatic carbocycles. The first-order valence-electron chi connectivity index (χ1n) is 8.28. The standard InChI is InChI=1S/C16H27NO4/c18-14(9-8-13-7-3-6-12-21-13)17-16(15(19)20)10-4-1-2-5-11-16/h13H,1-12H2,(H,17,18)(H,19,20). The van der Waals surface area contributed by atoms with Crippen molar-refractivity contribution in [1.82, 2.24) is 5.32 Å². The molecule has 120 valence electrons. The molecule has 5 heteroatoms. The van der Waals surface area contributed by atoms with E-state index in [0.717, 1.165) is 51.6 Å². The van der Waals surface area contributed by atoms with Gasteiger partial charge >= 0.3 is 5.97 Å². The SMILES string of the molecule is O=C(CCC1CCCCO1)NC1(C(=O)O)CCCCCC1. The van der Waals surface area contributed by atoms with E-state index in [4.69, 9.17) is 4.74 Å². The molecule has 1 unspecified atom stereocenters. The Hall–Kier alpha value is -1.10. The normalized spacial score (nSPS) is 25.8. The van der Waals surface area contributed by atoms with Gasteiger partial charge in [0.05, 0.1) is 6.10 Å². The van der Waals surface area contributed by atoms with Gasteiger partial charge in [0.25, 0.3) is 0 Å². The lowest BCUT2D eigenvalue weighted by atomic mass is 9.90. The van der Waals surface area contributed by atoms with Gasteiger partial charge in [-0.15, -0.1) is 0 Å². The second-order valence-corrected chi connectivity index (χ2v) is 6.38. The van der Waals surface area contributed by atoms with Crippen molar-refractivity contribution in [3.05, 3.63) is 0 Å². The summed E-state index contributed by atoms with van der Waals surface area (Å²) in [4.78, 5) is 23.8. The van der Waals surface area contributed by atoms with Crippen molar-refractivity contribution >= 4 is 11.9 Å². The van der Waals surface area contributed by atoms with Crippen molar-refractivity contribution in [3.8, 4) is 0 Å². The van der Waals surface area contributed by atoms with Crippen molar-refractivity contribution in [1.29, 1.82) is 0 Å². The molecule has 0 aromatic heterocycles. The van der Waals surface area contributed by atoms with Gasteiger partial charge in [0.15, 0.2) is 0 Å². The summed E-state index contributed by atoms with van der Waals surface area (Å²) in [6.45, 7) is 0.783. The van der Waals surface area contributed by atoms with Crippen LogP contribution >= 0.6 is 0 Å². The van der Waals surface area contributed by atoms with E-state index < -0.39 is 11.5 Å². The second kappa shape index (κ2) is 7.78. The number of aliphatic carboxylic acids is 1. The molecule has 2 N–H and O–H groups in total. The molecule has 1 heterocycles. The number of carbonyl (C=O) groups is 2. The third kappa shape index (κ3) is 4.70. The molecule has 2 rings (SSSR count). The van der Waals surface area contributed by atoms with Crippen LogP contribution in [0, 0.1) is 0 Å². The summed E-state index contributed by atoms with van der Waals surface area (Å²) in [6.07, 6.45) is 9.45. The summed E-state index contributed by atoms with van der Waals surface area (Å²) >= 11 is 0. The number of hydrogen-bond acceptors (Lipinski definition) is 3. The number of carbonyl (C=O) groups excluding carboxylic acids is 1. The van der Waals surface area contributed by atoms with E-state index in [1.54, 1.807) is 0 Å². The Kier molecular flexibility index (Phi) is 6.03. The zero-order valence-electron chi connectivity index (χ0n) is 12.7. The van der Waals surface area contributed by atoms with Crippen molar-refractivity contribution in [3.63, 3.8) is 0 Å². The predicted octanol–water partition coefficient (Wildman–Crippen LogP) is 2.63. The fourth-order valence-electron chi connectivity index (χ4n) is 3.38. The minimum absolute atomic E-state index is 0.145. The maximum atomic E-state index is 12.1. The lowest BCUT2D eigenvalue weighted by Crippen LogP contribution is -2.54. The highest BCUT2D eigenvalue weighted by atomic mass is 16.5. The average Bonchev–Trinajstić information content (AvgIpc) is 2.73. The molecule has 1 aliphatic heterocycles. The summed E-state index contributed by atoms with van der Waals surface area (Å²) in [5.41, 5.74) is -1.04. The maximum Gasteiger partial charge on any atom is 0.329 e. The molecule has 1 atom stereocenters. The third-order valence-electron chi connectivity index (χ3n) is 4.71. The summed E-state index contributed by atoms with van der Waals surface area (Å²) in [5, 5.41) is 12.4. The molecule has 2 aliphatic rings. The van der Waals surface area contributed by atoms with E-state index in [1.165, 1.54) is 0 Å². The van der Waals surface area contributed by atoms with Gasteiger partial charge in [-0.1, -0.05) is 25.7 Å². The molecule has 0 aromatic rings. The van der Waals surface area contributed by atoms with E-state index in [1.807, 2.05) is 0 Å². The lowest BCUT2D eigenvalue weighted by molar-refractivity contribution is -0.148. The molecule has 1 saturated carbocycles. The molecule has 21 heavy (non-hydrogen) atoms. The van der Waals surface area contributed by atoms with Gasteiger partial charge in [0.2, 0.25) is 5.91 Å². The summed E-state index contributed by atoms with van der Waals surface area (Å²) < 4.78 is 5.61. The highest BCUT2D eigenvalue weighted by Crippen LogP contribution is 2.28. The number of carboxylic acids is 1. The largest absolute Gasteiger partial charge is 0.480 e. The van der Waals surface area contributed by atoms with Crippen LogP contribution in [-0.2, 0) is 14.3 Å². The van der Waals surface area contributed by atoms with Crippen LogP contribution in [0.2, 0.25) is 0 Å². The molecule has 5 nitrogen and oxygen atoms in total. The number of ether oxygens (including phenoxy) is 1. The predicted molar refractivity (Wildman–Crippen MR) is 79.0 cm³/mol. The Morgan fingerprint density at radius 2 is 1.81 bits per heavy atom. The molecule has 0 radical (unpaired) electrons. The highest BCUT2D eigenvalue weighted by Gasteiger charge is 2.39. The van der Waals surface area contributed by atoms with Gasteiger partial charge in [0, 0.05) is 13.0 Å². The van der Waals surface area contributed by atoms with Crippen LogP contribution in [0.4, 0.5) is 0 Å². The first kappa shape index (κ1) is 16.3. The van der Waals surface area contributed by atoms with E-state index in [9.17, 15) is 14.7 Å². The first-order chi connectivity index (χ1) is 10.1. The van der Waals surface area contributed by atoms with Crippen LogP contribution in [0.25, 0.3) is 0 Å². The third-order valence-corrected chi connectivity index (χ3v) is 4.71. The highest BCUT2D eigenvalue weighted by molar-refractivity contribution is 5.87. The van der Waals surface area contributed by atoms with Gasteiger partial charge < -0.3 is 15.2 Å². The van der Waals surface area contributed by atoms with Crippen molar-refractivity contribution < 1.29 is 19.4 Å². The smallest absolute Gasteiger partial charge is 0.329 e. The maximum absolute atomic E-state index is 12.1. The van der Waals surface area contributed by atoms with Crippen molar-refractivity contribution in [2.75, 3.05) is 6.61 Å². The molecule has 1 saturated heterocycles. The van der Waals surface area contributed by atoms with E-state index >= 15 is 0 Å². The Bertz CT molecular complexity index is 355. The lowest BCUT2D eigenvalue weighted by Gasteiger charge is -2.30. The number of carboxylic acid groups (broad SMARTS) is 1. The van der Waals surface area contributed by atoms with Crippen LogP contribution < -0.4 is 5.32 Å². The van der Waals surface area contributed by atoms with E-state index in [0.29, 0.717) is 25.7 Å². The molecule has 1 amide bonds. The van der Waals surface area contributed by atoms with Gasteiger partial charge in [-0.05, 0) is 38.5 Å². The average molecular weight is 297 g/mol. The zero-order chi connectivity index (χ0) is 15.1. The Labute approximate surface area is 126 Å². The van der Waals surface area contributed by atoms with Crippen LogP contribution in [0.5, 0.6) is 0 Å². The minimum atomic E-state index is -1.04. The van der Waals surface area contributed by atoms with E-state index in [2.05, 4.69) is 5.32 Å². The van der Waals surface area contributed by atoms with Crippen LogP contribution in [0.3, 0.4) is 0 Å². The summed E-state index contributed by atoms with van der Waals surface area (Å²) in [6, 6.07) is 0. The van der Waals surface area contributed by atoms with E-state index in [-0.39, 0.29) is 12.0 Å². The number of nitrogens with one attached hydrogen (secondary N) is 1. The Morgan fingerprint density at radius 3 is 2.38 bits per heavy atom. The van der Waals surface area contributed by atoms with Gasteiger partial charge in [-0.3, -0.25) is 4.79 Å².